The van der Waals surface area contributed by atoms with Gasteiger partial charge in [-0.1, -0.05) is 53.4 Å². The lowest BCUT2D eigenvalue weighted by molar-refractivity contribution is -0.131. The van der Waals surface area contributed by atoms with Crippen LogP contribution in [-0.4, -0.2) is 46.0 Å². The lowest BCUT2D eigenvalue weighted by Crippen LogP contribution is -2.38. The minimum absolute atomic E-state index is 0.000738. The number of hydrogen-bond acceptors (Lipinski definition) is 6. The zero-order chi connectivity index (χ0) is 19.5. The van der Waals surface area contributed by atoms with Crippen LogP contribution in [0.3, 0.4) is 0 Å². The largest absolute Gasteiger partial charge is 0.341 e. The molecular formula is C20H24N4O2S2. The highest BCUT2D eigenvalue weighted by Gasteiger charge is 2.35. The summed E-state index contributed by atoms with van der Waals surface area (Å²) in [5, 5.41) is 8.83. The third-order valence-corrected chi connectivity index (χ3v) is 7.31. The standard InChI is InChI=1S/C20H24N4O2S2/c1-14(25)24(16-10-11-16)19-21-22-20(28-19)27-17(15-8-4-2-5-9-15)18(26)23-12-6-3-7-13-23/h2,4-5,8-9,16-17H,3,6-7,10-13H2,1H3/t17-/m0/s1. The molecular weight excluding hydrogens is 392 g/mol. The summed E-state index contributed by atoms with van der Waals surface area (Å²) >= 11 is 2.84. The quantitative estimate of drug-likeness (QED) is 0.528. The predicted molar refractivity (Wildman–Crippen MR) is 112 cm³/mol. The summed E-state index contributed by atoms with van der Waals surface area (Å²) in [4.78, 5) is 29.0. The Morgan fingerprint density at radius 3 is 2.50 bits per heavy atom. The topological polar surface area (TPSA) is 66.4 Å². The van der Waals surface area contributed by atoms with Crippen LogP contribution >= 0.6 is 23.1 Å². The molecule has 0 N–H and O–H groups in total. The van der Waals surface area contributed by atoms with Gasteiger partial charge in [0.15, 0.2) is 4.34 Å². The van der Waals surface area contributed by atoms with Gasteiger partial charge in [-0.2, -0.15) is 0 Å². The van der Waals surface area contributed by atoms with E-state index >= 15 is 0 Å². The van der Waals surface area contributed by atoms with Gasteiger partial charge in [0.05, 0.1) is 0 Å². The molecule has 1 aliphatic carbocycles. The van der Waals surface area contributed by atoms with Gasteiger partial charge in [-0.05, 0) is 37.7 Å². The lowest BCUT2D eigenvalue weighted by Gasteiger charge is -2.30. The number of rotatable bonds is 6. The molecule has 1 atom stereocenters. The van der Waals surface area contributed by atoms with Crippen molar-refractivity contribution in [3.63, 3.8) is 0 Å². The number of hydrogen-bond donors (Lipinski definition) is 0. The number of carbonyl (C=O) groups is 2. The van der Waals surface area contributed by atoms with Crippen molar-refractivity contribution in [1.82, 2.24) is 15.1 Å². The molecule has 2 amide bonds. The van der Waals surface area contributed by atoms with E-state index in [2.05, 4.69) is 10.2 Å². The van der Waals surface area contributed by atoms with Crippen molar-refractivity contribution in [2.45, 2.75) is 54.7 Å². The molecule has 4 rings (SSSR count). The van der Waals surface area contributed by atoms with Crippen LogP contribution in [0.25, 0.3) is 0 Å². The van der Waals surface area contributed by atoms with E-state index < -0.39 is 0 Å². The molecule has 2 aromatic rings. The molecule has 0 radical (unpaired) electrons. The van der Waals surface area contributed by atoms with Crippen LogP contribution in [-0.2, 0) is 9.59 Å². The van der Waals surface area contributed by atoms with E-state index in [0.717, 1.165) is 48.7 Å². The van der Waals surface area contributed by atoms with Gasteiger partial charge >= 0.3 is 0 Å². The molecule has 1 aromatic heterocycles. The number of likely N-dealkylation sites (tertiary alicyclic amines) is 1. The van der Waals surface area contributed by atoms with Crippen molar-refractivity contribution in [2.75, 3.05) is 18.0 Å². The first kappa shape index (κ1) is 19.4. The van der Waals surface area contributed by atoms with E-state index in [4.69, 9.17) is 0 Å². The molecule has 1 aliphatic heterocycles. The normalized spacial score (nSPS) is 18.0. The molecule has 148 valence electrons. The van der Waals surface area contributed by atoms with Crippen molar-refractivity contribution >= 4 is 40.0 Å². The second-order valence-corrected chi connectivity index (χ2v) is 9.57. The number of anilines is 1. The Labute approximate surface area is 173 Å². The van der Waals surface area contributed by atoms with Crippen LogP contribution in [0.5, 0.6) is 0 Å². The van der Waals surface area contributed by atoms with Gasteiger partial charge < -0.3 is 4.90 Å². The van der Waals surface area contributed by atoms with Crippen LogP contribution in [0.1, 0.15) is 49.8 Å². The molecule has 0 bridgehead atoms. The average molecular weight is 417 g/mol. The number of amides is 2. The van der Waals surface area contributed by atoms with Crippen LogP contribution in [0.4, 0.5) is 5.13 Å². The van der Waals surface area contributed by atoms with E-state index in [1.54, 1.807) is 11.8 Å². The van der Waals surface area contributed by atoms with Gasteiger partial charge in [0.2, 0.25) is 16.9 Å². The smallest absolute Gasteiger partial charge is 0.240 e. The SMILES string of the molecule is CC(=O)N(c1nnc(S[C@H](C(=O)N2CCCCC2)c2ccccc2)s1)C1CC1. The Morgan fingerprint density at radius 2 is 1.86 bits per heavy atom. The molecule has 1 aromatic carbocycles. The number of aromatic nitrogens is 2. The number of thioether (sulfide) groups is 1. The minimum atomic E-state index is -0.341. The van der Waals surface area contributed by atoms with Crippen LogP contribution in [0.15, 0.2) is 34.7 Å². The first-order valence-corrected chi connectivity index (χ1v) is 11.5. The Hall–Kier alpha value is -1.93. The highest BCUT2D eigenvalue weighted by Crippen LogP contribution is 2.41. The van der Waals surface area contributed by atoms with Gasteiger partial charge in [0.1, 0.15) is 5.25 Å². The van der Waals surface area contributed by atoms with Crippen LogP contribution in [0.2, 0.25) is 0 Å². The lowest BCUT2D eigenvalue weighted by atomic mass is 10.1. The maximum absolute atomic E-state index is 13.3. The second kappa shape index (κ2) is 8.61. The summed E-state index contributed by atoms with van der Waals surface area (Å²) in [5.74, 6) is 0.137. The van der Waals surface area contributed by atoms with Gasteiger partial charge in [-0.3, -0.25) is 14.5 Å². The van der Waals surface area contributed by atoms with Crippen molar-refractivity contribution in [1.29, 1.82) is 0 Å². The molecule has 2 aliphatic rings. The monoisotopic (exact) mass is 416 g/mol. The molecule has 1 saturated heterocycles. The summed E-state index contributed by atoms with van der Waals surface area (Å²) in [6.07, 6.45) is 5.35. The Morgan fingerprint density at radius 1 is 1.14 bits per heavy atom. The highest BCUT2D eigenvalue weighted by atomic mass is 32.2. The molecule has 6 nitrogen and oxygen atoms in total. The molecule has 2 fully saturated rings. The fourth-order valence-electron chi connectivity index (χ4n) is 3.50. The maximum Gasteiger partial charge on any atom is 0.240 e. The molecule has 8 heteroatoms. The summed E-state index contributed by atoms with van der Waals surface area (Å²) < 4.78 is 0.723. The number of carbonyl (C=O) groups excluding carboxylic acids is 2. The fourth-order valence-corrected chi connectivity index (χ4v) is 5.73. The number of nitrogens with zero attached hydrogens (tertiary/aromatic N) is 4. The van der Waals surface area contributed by atoms with Gasteiger partial charge in [-0.15, -0.1) is 10.2 Å². The summed E-state index contributed by atoms with van der Waals surface area (Å²) in [6.45, 7) is 3.22. The summed E-state index contributed by atoms with van der Waals surface area (Å²) in [5.41, 5.74) is 0.977. The third kappa shape index (κ3) is 4.38. The van der Waals surface area contributed by atoms with Crippen LogP contribution < -0.4 is 4.90 Å². The van der Waals surface area contributed by atoms with Gasteiger partial charge in [-0.25, -0.2) is 0 Å². The second-order valence-electron chi connectivity index (χ2n) is 7.27. The Bertz CT molecular complexity index is 832. The predicted octanol–water partition coefficient (Wildman–Crippen LogP) is 3.90. The molecule has 1 saturated carbocycles. The number of benzene rings is 1. The summed E-state index contributed by atoms with van der Waals surface area (Å²) in [6, 6.07) is 10.1. The third-order valence-electron chi connectivity index (χ3n) is 5.07. The first-order valence-electron chi connectivity index (χ1n) is 9.77. The Kier molecular flexibility index (Phi) is 5.96. The molecule has 0 unspecified atom stereocenters. The molecule has 0 spiro atoms. The van der Waals surface area contributed by atoms with Gasteiger partial charge in [0, 0.05) is 26.1 Å². The number of piperidine rings is 1. The van der Waals surface area contributed by atoms with Crippen molar-refractivity contribution in [3.8, 4) is 0 Å². The van der Waals surface area contributed by atoms with Crippen molar-refractivity contribution in [2.24, 2.45) is 0 Å². The molecule has 28 heavy (non-hydrogen) atoms. The maximum atomic E-state index is 13.3. The van der Waals surface area contributed by atoms with E-state index in [1.807, 2.05) is 35.2 Å². The zero-order valence-corrected chi connectivity index (χ0v) is 17.5. The van der Waals surface area contributed by atoms with Gasteiger partial charge in [0.25, 0.3) is 0 Å². The first-order chi connectivity index (χ1) is 13.6. The van der Waals surface area contributed by atoms with E-state index in [-0.39, 0.29) is 23.1 Å². The Balaban J connectivity index is 1.56. The molecule has 2 heterocycles. The summed E-state index contributed by atoms with van der Waals surface area (Å²) in [7, 11) is 0. The van der Waals surface area contributed by atoms with E-state index in [1.165, 1.54) is 29.5 Å². The van der Waals surface area contributed by atoms with Crippen molar-refractivity contribution in [3.05, 3.63) is 35.9 Å². The highest BCUT2D eigenvalue weighted by molar-refractivity contribution is 8.01. The zero-order valence-electron chi connectivity index (χ0n) is 15.9. The average Bonchev–Trinajstić information content (AvgIpc) is 3.44. The minimum Gasteiger partial charge on any atom is -0.341 e. The van der Waals surface area contributed by atoms with E-state index in [0.29, 0.717) is 5.13 Å². The fraction of sp³-hybridized carbons (Fsp3) is 0.500. The van der Waals surface area contributed by atoms with Crippen molar-refractivity contribution < 1.29 is 9.59 Å². The van der Waals surface area contributed by atoms with E-state index in [9.17, 15) is 9.59 Å². The van der Waals surface area contributed by atoms with Crippen LogP contribution in [0, 0.1) is 0 Å².